The molecule has 2 aliphatic rings. The average molecular weight is 603 g/mol. The lowest BCUT2D eigenvalue weighted by molar-refractivity contribution is -0.202. The van der Waals surface area contributed by atoms with Crippen molar-refractivity contribution in [3.63, 3.8) is 0 Å². The summed E-state index contributed by atoms with van der Waals surface area (Å²) in [4.78, 5) is 24.8. The minimum Gasteiger partial charge on any atom is -0.385 e. The van der Waals surface area contributed by atoms with E-state index in [1.807, 2.05) is 6.92 Å². The minimum atomic E-state index is -5.49. The summed E-state index contributed by atoms with van der Waals surface area (Å²) in [6.07, 6.45) is -1.05. The Hall–Kier alpha value is -2.74. The lowest BCUT2D eigenvalue weighted by Gasteiger charge is -2.41. The van der Waals surface area contributed by atoms with Gasteiger partial charge in [-0.15, -0.1) is 0 Å². The van der Waals surface area contributed by atoms with Crippen LogP contribution in [0.3, 0.4) is 0 Å². The third-order valence-corrected chi connectivity index (χ3v) is 8.60. The van der Waals surface area contributed by atoms with E-state index in [1.54, 1.807) is 0 Å². The topological polar surface area (TPSA) is 79.2 Å². The van der Waals surface area contributed by atoms with E-state index in [9.17, 15) is 28.0 Å². The fourth-order valence-corrected chi connectivity index (χ4v) is 6.58. The van der Waals surface area contributed by atoms with Gasteiger partial charge in [0.15, 0.2) is 0 Å². The van der Waals surface area contributed by atoms with E-state index in [4.69, 9.17) is 23.2 Å². The SMILES string of the molecule is CC1(C[C@@H]2N[C@@H](C(=O)OC(=O)C(F)(F)F)[C@H](c3cccc(Cl)c3F)[C@@]2(C#N)c2ccc(Cl)cc2F)CCCCC1. The predicted octanol–water partition coefficient (Wildman–Crippen LogP) is 7.15. The standard InChI is InChI=1S/C28H25Cl2F5N2O3/c1-26(10-3-2-4-11-26)13-20-27(14-36,17-9-8-15(29)12-19(17)31)21(16-6-5-7-18(30)22(16)32)23(37-20)24(38)40-25(39)28(33,34)35/h5-9,12,20-21,23,37H,2-4,10-11,13H2,1H3/t20-,21-,23+,27-/m0/s1. The molecule has 1 saturated heterocycles. The summed E-state index contributed by atoms with van der Waals surface area (Å²) in [7, 11) is 0. The van der Waals surface area contributed by atoms with E-state index in [2.05, 4.69) is 16.1 Å². The van der Waals surface area contributed by atoms with Crippen LogP contribution in [0.4, 0.5) is 22.0 Å². The Morgan fingerprint density at radius 1 is 1.12 bits per heavy atom. The molecule has 1 heterocycles. The molecule has 2 aromatic rings. The molecule has 0 radical (unpaired) electrons. The summed E-state index contributed by atoms with van der Waals surface area (Å²) in [5.41, 5.74) is -3.00. The van der Waals surface area contributed by atoms with E-state index in [-0.39, 0.29) is 33.0 Å². The Kier molecular flexibility index (Phi) is 8.51. The monoisotopic (exact) mass is 602 g/mol. The van der Waals surface area contributed by atoms with E-state index >= 15 is 8.78 Å². The van der Waals surface area contributed by atoms with Gasteiger partial charge in [-0.25, -0.2) is 18.4 Å². The van der Waals surface area contributed by atoms with E-state index < -0.39 is 53.2 Å². The Balaban J connectivity index is 1.96. The third kappa shape index (κ3) is 5.56. The van der Waals surface area contributed by atoms with Gasteiger partial charge in [0.1, 0.15) is 23.1 Å². The van der Waals surface area contributed by atoms with Gasteiger partial charge < -0.3 is 4.74 Å². The fourth-order valence-electron chi connectivity index (χ4n) is 6.24. The molecule has 2 fully saturated rings. The van der Waals surface area contributed by atoms with E-state index in [0.717, 1.165) is 38.2 Å². The molecule has 214 valence electrons. The van der Waals surface area contributed by atoms with Crippen molar-refractivity contribution in [1.29, 1.82) is 5.26 Å². The van der Waals surface area contributed by atoms with Crippen molar-refractivity contribution in [3.05, 3.63) is 69.2 Å². The molecule has 0 spiro atoms. The van der Waals surface area contributed by atoms with Crippen molar-refractivity contribution in [3.8, 4) is 6.07 Å². The van der Waals surface area contributed by atoms with Crippen LogP contribution in [0.5, 0.6) is 0 Å². The van der Waals surface area contributed by atoms with Crippen LogP contribution in [0.15, 0.2) is 36.4 Å². The summed E-state index contributed by atoms with van der Waals surface area (Å²) >= 11 is 12.0. The number of nitrogens with zero attached hydrogens (tertiary/aromatic N) is 1. The first-order valence-corrected chi connectivity index (χ1v) is 13.4. The van der Waals surface area contributed by atoms with Crippen LogP contribution in [0, 0.1) is 28.4 Å². The smallest absolute Gasteiger partial charge is 0.385 e. The number of nitriles is 1. The number of ether oxygens (including phenoxy) is 1. The van der Waals surface area contributed by atoms with Gasteiger partial charge in [0.25, 0.3) is 0 Å². The van der Waals surface area contributed by atoms with Crippen molar-refractivity contribution < 1.29 is 36.3 Å². The maximum Gasteiger partial charge on any atom is 0.491 e. The van der Waals surface area contributed by atoms with Crippen molar-refractivity contribution in [1.82, 2.24) is 5.32 Å². The normalized spacial score (nSPS) is 26.2. The van der Waals surface area contributed by atoms with Crippen LogP contribution in [0.25, 0.3) is 0 Å². The molecular formula is C28H25Cl2F5N2O3. The highest BCUT2D eigenvalue weighted by molar-refractivity contribution is 6.31. The van der Waals surface area contributed by atoms with E-state index in [1.165, 1.54) is 30.3 Å². The lowest BCUT2D eigenvalue weighted by Crippen LogP contribution is -2.46. The second-order valence-corrected chi connectivity index (χ2v) is 11.5. The Morgan fingerprint density at radius 3 is 2.40 bits per heavy atom. The molecule has 5 nitrogen and oxygen atoms in total. The molecule has 0 bridgehead atoms. The summed E-state index contributed by atoms with van der Waals surface area (Å²) in [6, 6.07) is 6.47. The van der Waals surface area contributed by atoms with Gasteiger partial charge in [0, 0.05) is 22.5 Å². The number of hydrogen-bond donors (Lipinski definition) is 1. The Morgan fingerprint density at radius 2 is 1.80 bits per heavy atom. The number of halogens is 7. The second-order valence-electron chi connectivity index (χ2n) is 10.7. The Labute approximate surface area is 237 Å². The lowest BCUT2D eigenvalue weighted by atomic mass is 9.61. The maximum absolute atomic E-state index is 15.6. The average Bonchev–Trinajstić information content (AvgIpc) is 3.19. The summed E-state index contributed by atoms with van der Waals surface area (Å²) in [6.45, 7) is 1.97. The van der Waals surface area contributed by atoms with Crippen molar-refractivity contribution in [2.24, 2.45) is 5.41 Å². The molecule has 0 amide bonds. The van der Waals surface area contributed by atoms with Gasteiger partial charge in [-0.05, 0) is 48.4 Å². The Bertz CT molecular complexity index is 1360. The second kappa shape index (κ2) is 11.3. The largest absolute Gasteiger partial charge is 0.491 e. The number of carbonyl (C=O) groups is 2. The first-order valence-electron chi connectivity index (χ1n) is 12.6. The number of hydrogen-bond acceptors (Lipinski definition) is 5. The molecule has 0 unspecified atom stereocenters. The maximum atomic E-state index is 15.6. The highest BCUT2D eigenvalue weighted by Gasteiger charge is 2.62. The van der Waals surface area contributed by atoms with Crippen LogP contribution in [0.2, 0.25) is 10.0 Å². The number of carbonyl (C=O) groups excluding carboxylic acids is 2. The van der Waals surface area contributed by atoms with Crippen LogP contribution in [0.1, 0.15) is 62.5 Å². The fraction of sp³-hybridized carbons (Fsp3) is 0.464. The van der Waals surface area contributed by atoms with Crippen LogP contribution in [-0.4, -0.2) is 30.2 Å². The molecule has 1 aliphatic carbocycles. The van der Waals surface area contributed by atoms with Crippen LogP contribution >= 0.6 is 23.2 Å². The zero-order valence-electron chi connectivity index (χ0n) is 21.3. The van der Waals surface area contributed by atoms with Gasteiger partial charge in [-0.1, -0.05) is 67.6 Å². The van der Waals surface area contributed by atoms with Gasteiger partial charge in [0.05, 0.1) is 11.1 Å². The third-order valence-electron chi connectivity index (χ3n) is 8.07. The zero-order valence-corrected chi connectivity index (χ0v) is 22.8. The molecule has 1 saturated carbocycles. The van der Waals surface area contributed by atoms with Gasteiger partial charge in [-0.3, -0.25) is 5.32 Å². The first-order chi connectivity index (χ1) is 18.7. The van der Waals surface area contributed by atoms with E-state index in [0.29, 0.717) is 0 Å². The van der Waals surface area contributed by atoms with Crippen molar-refractivity contribution in [2.75, 3.05) is 0 Å². The molecule has 40 heavy (non-hydrogen) atoms. The highest BCUT2D eigenvalue weighted by atomic mass is 35.5. The van der Waals surface area contributed by atoms with Gasteiger partial charge in [0.2, 0.25) is 0 Å². The molecule has 4 atom stereocenters. The highest BCUT2D eigenvalue weighted by Crippen LogP contribution is 2.54. The van der Waals surface area contributed by atoms with Crippen molar-refractivity contribution >= 4 is 35.1 Å². The number of rotatable bonds is 5. The number of alkyl halides is 3. The van der Waals surface area contributed by atoms with Crippen LogP contribution < -0.4 is 5.32 Å². The van der Waals surface area contributed by atoms with Gasteiger partial charge in [-0.2, -0.15) is 18.4 Å². The minimum absolute atomic E-state index is 0.00769. The summed E-state index contributed by atoms with van der Waals surface area (Å²) < 4.78 is 74.4. The summed E-state index contributed by atoms with van der Waals surface area (Å²) in [5, 5.41) is 13.3. The molecule has 12 heteroatoms. The predicted molar refractivity (Wildman–Crippen MR) is 137 cm³/mol. The first kappa shape index (κ1) is 30.2. The molecule has 1 N–H and O–H groups in total. The van der Waals surface area contributed by atoms with Crippen LogP contribution in [-0.2, 0) is 19.7 Å². The molecular weight excluding hydrogens is 578 g/mol. The molecule has 2 aromatic carbocycles. The molecule has 0 aromatic heterocycles. The quantitative estimate of drug-likeness (QED) is 0.223. The number of benzene rings is 2. The summed E-state index contributed by atoms with van der Waals surface area (Å²) in [5.74, 6) is -8.07. The molecule has 1 aliphatic heterocycles. The number of esters is 2. The van der Waals surface area contributed by atoms with Crippen molar-refractivity contribution in [2.45, 2.75) is 75.0 Å². The zero-order chi connectivity index (χ0) is 29.5. The number of nitrogens with one attached hydrogen (secondary N) is 1. The van der Waals surface area contributed by atoms with Gasteiger partial charge >= 0.3 is 18.1 Å². The molecule has 4 rings (SSSR count).